The molecular weight excluding hydrogens is 247 g/mol. The van der Waals surface area contributed by atoms with Gasteiger partial charge in [-0.1, -0.05) is 49.0 Å². The molecule has 2 rings (SSSR count). The molecule has 0 saturated carbocycles. The van der Waals surface area contributed by atoms with Gasteiger partial charge in [0.25, 0.3) is 0 Å². The van der Waals surface area contributed by atoms with Crippen LogP contribution in [-0.2, 0) is 13.6 Å². The number of rotatable bonds is 4. The average Bonchev–Trinajstić information content (AvgIpc) is 2.45. The van der Waals surface area contributed by atoms with Crippen LogP contribution in [0.5, 0.6) is 0 Å². The summed E-state index contributed by atoms with van der Waals surface area (Å²) in [6, 6.07) is 13.6. The van der Waals surface area contributed by atoms with Crippen LogP contribution in [-0.4, -0.2) is 14.2 Å². The Morgan fingerprint density at radius 1 is 1.06 bits per heavy atom. The van der Waals surface area contributed by atoms with Gasteiger partial charge in [0.05, 0.1) is 5.31 Å². The molecule has 94 valence electrons. The van der Waals surface area contributed by atoms with E-state index in [4.69, 9.17) is 9.05 Å². The van der Waals surface area contributed by atoms with E-state index in [0.717, 1.165) is 16.3 Å². The van der Waals surface area contributed by atoms with Gasteiger partial charge < -0.3 is 9.05 Å². The predicted octanol–water partition coefficient (Wildman–Crippen LogP) is 4.30. The molecule has 0 aliphatic heterocycles. The summed E-state index contributed by atoms with van der Waals surface area (Å²) >= 11 is 0. The van der Waals surface area contributed by atoms with E-state index < -0.39 is 7.60 Å². The van der Waals surface area contributed by atoms with Crippen molar-refractivity contribution in [3.8, 4) is 0 Å². The van der Waals surface area contributed by atoms with E-state index in [1.54, 1.807) is 0 Å². The van der Waals surface area contributed by atoms with Crippen molar-refractivity contribution in [2.75, 3.05) is 14.2 Å². The van der Waals surface area contributed by atoms with Gasteiger partial charge in [-0.2, -0.15) is 0 Å². The van der Waals surface area contributed by atoms with Crippen molar-refractivity contribution in [1.82, 2.24) is 0 Å². The summed E-state index contributed by atoms with van der Waals surface area (Å²) in [6.45, 7) is 3.88. The third-order valence-electron chi connectivity index (χ3n) is 2.91. The van der Waals surface area contributed by atoms with E-state index in [2.05, 4.69) is 6.58 Å². The highest BCUT2D eigenvalue weighted by Gasteiger charge is 2.27. The summed E-state index contributed by atoms with van der Waals surface area (Å²) in [5.74, 6) is 0. The minimum absolute atomic E-state index is 0.379. The molecule has 0 aliphatic carbocycles. The molecule has 0 aliphatic rings. The Kier molecular flexibility index (Phi) is 3.67. The van der Waals surface area contributed by atoms with Gasteiger partial charge in [0.15, 0.2) is 0 Å². The first-order chi connectivity index (χ1) is 8.62. The number of fused-ring (bicyclic) bond motifs is 1. The fourth-order valence-electron chi connectivity index (χ4n) is 1.92. The predicted molar refractivity (Wildman–Crippen MR) is 74.6 cm³/mol. The second kappa shape index (κ2) is 5.07. The van der Waals surface area contributed by atoms with Gasteiger partial charge in [-0.25, -0.2) is 0 Å². The monoisotopic (exact) mass is 262 g/mol. The molecule has 0 heterocycles. The normalized spacial score (nSPS) is 11.7. The van der Waals surface area contributed by atoms with Crippen LogP contribution in [0.1, 0.15) is 5.56 Å². The molecule has 4 heteroatoms. The zero-order valence-corrected chi connectivity index (χ0v) is 11.3. The SMILES string of the molecule is C=C(c1cccc2ccccc12)P(=O)(OC)OC. The van der Waals surface area contributed by atoms with Gasteiger partial charge in [0.1, 0.15) is 0 Å². The minimum Gasteiger partial charge on any atom is -0.309 e. The van der Waals surface area contributed by atoms with Gasteiger partial charge in [-0.15, -0.1) is 0 Å². The Morgan fingerprint density at radius 3 is 2.33 bits per heavy atom. The first-order valence-electron chi connectivity index (χ1n) is 5.51. The summed E-state index contributed by atoms with van der Waals surface area (Å²) in [6.07, 6.45) is 0. The van der Waals surface area contributed by atoms with Gasteiger partial charge in [-0.3, -0.25) is 4.57 Å². The highest BCUT2D eigenvalue weighted by molar-refractivity contribution is 7.65. The van der Waals surface area contributed by atoms with E-state index >= 15 is 0 Å². The van der Waals surface area contributed by atoms with Gasteiger partial charge in [-0.05, 0) is 16.3 Å². The van der Waals surface area contributed by atoms with Crippen LogP contribution in [0.3, 0.4) is 0 Å². The summed E-state index contributed by atoms with van der Waals surface area (Å²) in [7, 11) is -0.569. The van der Waals surface area contributed by atoms with Crippen LogP contribution in [0.2, 0.25) is 0 Å². The number of benzene rings is 2. The summed E-state index contributed by atoms with van der Waals surface area (Å²) in [5.41, 5.74) is 0.792. The van der Waals surface area contributed by atoms with Crippen molar-refractivity contribution in [3.05, 3.63) is 54.6 Å². The first kappa shape index (κ1) is 13.0. The topological polar surface area (TPSA) is 35.5 Å². The molecule has 0 N–H and O–H groups in total. The quantitative estimate of drug-likeness (QED) is 0.771. The number of hydrogen-bond acceptors (Lipinski definition) is 3. The zero-order valence-electron chi connectivity index (χ0n) is 10.4. The van der Waals surface area contributed by atoms with Crippen LogP contribution in [0.4, 0.5) is 0 Å². The van der Waals surface area contributed by atoms with Crippen molar-refractivity contribution in [2.24, 2.45) is 0 Å². The van der Waals surface area contributed by atoms with Crippen molar-refractivity contribution >= 4 is 23.7 Å². The maximum Gasteiger partial charge on any atom is 0.360 e. The Hall–Kier alpha value is -1.41. The molecule has 18 heavy (non-hydrogen) atoms. The molecule has 0 radical (unpaired) electrons. The Labute approximate surface area is 107 Å². The maximum absolute atomic E-state index is 12.4. The lowest BCUT2D eigenvalue weighted by atomic mass is 10.0. The van der Waals surface area contributed by atoms with E-state index in [-0.39, 0.29) is 0 Å². The lowest BCUT2D eigenvalue weighted by Crippen LogP contribution is -1.93. The maximum atomic E-state index is 12.4. The van der Waals surface area contributed by atoms with Crippen molar-refractivity contribution in [2.45, 2.75) is 0 Å². The molecule has 0 amide bonds. The Bertz CT molecular complexity index is 620. The van der Waals surface area contributed by atoms with Crippen molar-refractivity contribution in [1.29, 1.82) is 0 Å². The van der Waals surface area contributed by atoms with E-state index in [9.17, 15) is 4.57 Å². The minimum atomic E-state index is -3.29. The molecule has 0 bridgehead atoms. The average molecular weight is 262 g/mol. The molecule has 0 saturated heterocycles. The van der Waals surface area contributed by atoms with Crippen LogP contribution in [0.15, 0.2) is 49.0 Å². The Balaban J connectivity index is 2.62. The summed E-state index contributed by atoms with van der Waals surface area (Å²) < 4.78 is 22.3. The summed E-state index contributed by atoms with van der Waals surface area (Å²) in [5, 5.41) is 2.43. The molecule has 2 aromatic rings. The number of hydrogen-bond donors (Lipinski definition) is 0. The van der Waals surface area contributed by atoms with Crippen LogP contribution >= 0.6 is 7.60 Å². The lowest BCUT2D eigenvalue weighted by molar-refractivity contribution is 0.288. The van der Waals surface area contributed by atoms with Gasteiger partial charge in [0.2, 0.25) is 0 Å². The molecule has 0 unspecified atom stereocenters. The standard InChI is InChI=1S/C14H15O3P/c1-11(18(15,16-2)17-3)13-10-6-8-12-7-4-5-9-14(12)13/h4-10H,1H2,2-3H3. The first-order valence-corrected chi connectivity index (χ1v) is 7.06. The molecular formula is C14H15O3P. The molecule has 3 nitrogen and oxygen atoms in total. The highest BCUT2D eigenvalue weighted by atomic mass is 31.2. The second-order valence-corrected chi connectivity index (χ2v) is 6.10. The zero-order chi connectivity index (χ0) is 13.2. The molecule has 0 atom stereocenters. The highest BCUT2D eigenvalue weighted by Crippen LogP contribution is 2.59. The summed E-state index contributed by atoms with van der Waals surface area (Å²) in [4.78, 5) is 0. The third-order valence-corrected chi connectivity index (χ3v) is 4.78. The van der Waals surface area contributed by atoms with E-state index in [0.29, 0.717) is 5.31 Å². The Morgan fingerprint density at radius 2 is 1.67 bits per heavy atom. The molecule has 0 aromatic heterocycles. The van der Waals surface area contributed by atoms with Crippen LogP contribution < -0.4 is 0 Å². The fraction of sp³-hybridized carbons (Fsp3) is 0.143. The molecule has 0 spiro atoms. The van der Waals surface area contributed by atoms with Gasteiger partial charge >= 0.3 is 7.60 Å². The molecule has 0 fully saturated rings. The van der Waals surface area contributed by atoms with E-state index in [1.165, 1.54) is 14.2 Å². The molecule has 2 aromatic carbocycles. The van der Waals surface area contributed by atoms with Crippen molar-refractivity contribution in [3.63, 3.8) is 0 Å². The third kappa shape index (κ3) is 2.13. The second-order valence-electron chi connectivity index (χ2n) is 3.84. The van der Waals surface area contributed by atoms with Gasteiger partial charge in [0, 0.05) is 14.2 Å². The largest absolute Gasteiger partial charge is 0.360 e. The van der Waals surface area contributed by atoms with Crippen molar-refractivity contribution < 1.29 is 13.6 Å². The van der Waals surface area contributed by atoms with Crippen LogP contribution in [0, 0.1) is 0 Å². The fourth-order valence-corrected chi connectivity index (χ4v) is 3.00. The smallest absolute Gasteiger partial charge is 0.309 e. The van der Waals surface area contributed by atoms with Crippen LogP contribution in [0.25, 0.3) is 16.1 Å². The van der Waals surface area contributed by atoms with E-state index in [1.807, 2.05) is 42.5 Å². The lowest BCUT2D eigenvalue weighted by Gasteiger charge is -2.17.